The van der Waals surface area contributed by atoms with Crippen LogP contribution in [0.15, 0.2) is 24.3 Å². The number of alkyl halides is 2. The van der Waals surface area contributed by atoms with Crippen LogP contribution in [0.1, 0.15) is 26.3 Å². The zero-order valence-corrected chi connectivity index (χ0v) is 13.1. The minimum atomic E-state index is -0.654. The third-order valence-electron chi connectivity index (χ3n) is 5.76. The number of hydrogen-bond donors (Lipinski definition) is 0. The van der Waals surface area contributed by atoms with Gasteiger partial charge in [0.1, 0.15) is 15.6 Å². The minimum absolute atomic E-state index is 0.0204. The van der Waals surface area contributed by atoms with E-state index in [2.05, 4.69) is 59.1 Å². The van der Waals surface area contributed by atoms with E-state index in [9.17, 15) is 0 Å². The zero-order valence-electron chi connectivity index (χ0n) is 11.6. The highest BCUT2D eigenvalue weighted by Gasteiger charge is 2.84. The first-order valence-electron chi connectivity index (χ1n) is 6.41. The zero-order chi connectivity index (χ0) is 13.6. The molecule has 1 aromatic carbocycles. The van der Waals surface area contributed by atoms with Crippen LogP contribution in [0.25, 0.3) is 0 Å². The predicted molar refractivity (Wildman–Crippen MR) is 79.4 cm³/mol. The number of fused-ring (bicyclic) bond motifs is 3. The van der Waals surface area contributed by atoms with Crippen molar-refractivity contribution in [1.82, 2.24) is 4.48 Å². The monoisotopic (exact) mass is 284 g/mol. The van der Waals surface area contributed by atoms with Gasteiger partial charge in [0.2, 0.25) is 0 Å². The fourth-order valence-electron chi connectivity index (χ4n) is 4.05. The molecule has 1 aromatic rings. The Bertz CT molecular complexity index is 518. The van der Waals surface area contributed by atoms with E-state index < -0.39 is 4.33 Å². The normalized spacial score (nSPS) is 37.6. The van der Waals surface area contributed by atoms with Gasteiger partial charge in [0.15, 0.2) is 0 Å². The molecule has 0 N–H and O–H groups in total. The van der Waals surface area contributed by atoms with E-state index in [1.165, 1.54) is 11.3 Å². The average Bonchev–Trinajstić information content (AvgIpc) is 2.73. The molecule has 0 amide bonds. The summed E-state index contributed by atoms with van der Waals surface area (Å²) in [5, 5.41) is 0. The summed E-state index contributed by atoms with van der Waals surface area (Å²) in [6.45, 7) is 6.76. The highest BCUT2D eigenvalue weighted by Crippen LogP contribution is 2.77. The summed E-state index contributed by atoms with van der Waals surface area (Å²) in [6.07, 6.45) is 0. The van der Waals surface area contributed by atoms with E-state index in [1.807, 2.05) is 0 Å². The second kappa shape index (κ2) is 3.08. The molecule has 0 radical (unpaired) electrons. The Labute approximate surface area is 119 Å². The molecule has 0 unspecified atom stereocenters. The molecule has 0 bridgehead atoms. The van der Waals surface area contributed by atoms with Gasteiger partial charge in [-0.3, -0.25) is 4.48 Å². The Morgan fingerprint density at radius 1 is 1.06 bits per heavy atom. The molecule has 1 aliphatic carbocycles. The Kier molecular flexibility index (Phi) is 2.19. The van der Waals surface area contributed by atoms with Crippen LogP contribution in [0.3, 0.4) is 0 Å². The molecule has 0 saturated heterocycles. The second-order valence-corrected chi connectivity index (χ2v) is 8.27. The van der Waals surface area contributed by atoms with Crippen LogP contribution >= 0.6 is 23.2 Å². The molecule has 3 heteroatoms. The van der Waals surface area contributed by atoms with E-state index in [0.29, 0.717) is 0 Å². The van der Waals surface area contributed by atoms with E-state index in [0.717, 1.165) is 4.48 Å². The van der Waals surface area contributed by atoms with Crippen LogP contribution < -0.4 is 4.48 Å². The van der Waals surface area contributed by atoms with Crippen molar-refractivity contribution in [2.75, 3.05) is 14.1 Å². The highest BCUT2D eigenvalue weighted by atomic mass is 35.5. The summed E-state index contributed by atoms with van der Waals surface area (Å²) in [6, 6.07) is 8.58. The summed E-state index contributed by atoms with van der Waals surface area (Å²) in [5.74, 6) is 0.283. The Balaban J connectivity index is 2.35. The lowest BCUT2D eigenvalue weighted by molar-refractivity contribution is 0.143. The van der Waals surface area contributed by atoms with Crippen molar-refractivity contribution in [3.8, 4) is 0 Å². The number of hydrogen-bond acceptors (Lipinski definition) is 0. The number of halogens is 2. The minimum Gasteiger partial charge on any atom is -0.291 e. The molecule has 0 spiro atoms. The Morgan fingerprint density at radius 2 is 1.61 bits per heavy atom. The van der Waals surface area contributed by atoms with Gasteiger partial charge in [-0.1, -0.05) is 25.1 Å². The Morgan fingerprint density at radius 3 is 2.22 bits per heavy atom. The maximum atomic E-state index is 6.65. The highest BCUT2D eigenvalue weighted by molar-refractivity contribution is 6.52. The molecule has 1 aliphatic heterocycles. The summed E-state index contributed by atoms with van der Waals surface area (Å²) in [4.78, 5) is 0. The van der Waals surface area contributed by atoms with Gasteiger partial charge in [-0.15, -0.1) is 23.2 Å². The van der Waals surface area contributed by atoms with Gasteiger partial charge in [-0.2, -0.15) is 0 Å². The second-order valence-electron chi connectivity index (χ2n) is 6.88. The van der Waals surface area contributed by atoms with Crippen molar-refractivity contribution < 1.29 is 0 Å². The van der Waals surface area contributed by atoms with E-state index in [1.54, 1.807) is 0 Å². The van der Waals surface area contributed by atoms with Crippen molar-refractivity contribution >= 4 is 28.9 Å². The van der Waals surface area contributed by atoms with Gasteiger partial charge in [0, 0.05) is 11.0 Å². The third-order valence-corrected chi connectivity index (χ3v) is 6.98. The average molecular weight is 285 g/mol. The molecule has 1 heterocycles. The number of quaternary nitrogens is 1. The number of rotatable bonds is 0. The maximum Gasteiger partial charge on any atom is 0.138 e. The lowest BCUT2D eigenvalue weighted by atomic mass is 9.78. The molecule has 2 atom stereocenters. The fourth-order valence-corrected chi connectivity index (χ4v) is 5.33. The van der Waals surface area contributed by atoms with Crippen LogP contribution in [-0.4, -0.2) is 24.0 Å². The van der Waals surface area contributed by atoms with E-state index >= 15 is 0 Å². The van der Waals surface area contributed by atoms with Gasteiger partial charge in [-0.05, 0) is 19.9 Å². The molecule has 18 heavy (non-hydrogen) atoms. The molecule has 98 valence electrons. The molecular formula is C15H20Cl2N+. The first-order chi connectivity index (χ1) is 8.09. The summed E-state index contributed by atoms with van der Waals surface area (Å²) in [5.41, 5.74) is 2.55. The van der Waals surface area contributed by atoms with E-state index in [-0.39, 0.29) is 16.9 Å². The smallest absolute Gasteiger partial charge is 0.138 e. The van der Waals surface area contributed by atoms with Gasteiger partial charge in [0.05, 0.1) is 20.0 Å². The van der Waals surface area contributed by atoms with Crippen molar-refractivity contribution in [3.05, 3.63) is 29.8 Å². The topological polar surface area (TPSA) is 0 Å². The van der Waals surface area contributed by atoms with Crippen LogP contribution in [-0.2, 0) is 5.41 Å². The summed E-state index contributed by atoms with van der Waals surface area (Å²) >= 11 is 13.3. The first kappa shape index (κ1) is 12.8. The van der Waals surface area contributed by atoms with Gasteiger partial charge in [-0.25, -0.2) is 0 Å². The molecular weight excluding hydrogens is 265 g/mol. The van der Waals surface area contributed by atoms with Crippen LogP contribution in [0.4, 0.5) is 5.69 Å². The van der Waals surface area contributed by atoms with E-state index in [4.69, 9.17) is 23.2 Å². The number of nitrogens with zero attached hydrogens (tertiary/aromatic N) is 1. The molecule has 1 nitrogen and oxygen atoms in total. The first-order valence-corrected chi connectivity index (χ1v) is 7.17. The summed E-state index contributed by atoms with van der Waals surface area (Å²) in [7, 11) is 4.50. The van der Waals surface area contributed by atoms with Gasteiger partial charge >= 0.3 is 0 Å². The van der Waals surface area contributed by atoms with Crippen LogP contribution in [0.2, 0.25) is 0 Å². The molecule has 0 aromatic heterocycles. The van der Waals surface area contributed by atoms with Crippen molar-refractivity contribution in [1.29, 1.82) is 0 Å². The standard InChI is InChI=1S/C15H20Cl2N/c1-13(2)12-14(3,15(12,16)17)10-8-6-7-9-11(10)18(13,4)5/h6-9,12H,1-5H3/q+1/t12-,14+/m1/s1. The molecule has 1 saturated carbocycles. The van der Waals surface area contributed by atoms with Crippen molar-refractivity contribution in [2.24, 2.45) is 5.92 Å². The molecule has 2 aliphatic rings. The van der Waals surface area contributed by atoms with Crippen molar-refractivity contribution in [2.45, 2.75) is 36.1 Å². The quantitative estimate of drug-likeness (QED) is 0.497. The third kappa shape index (κ3) is 1.07. The van der Waals surface area contributed by atoms with Crippen molar-refractivity contribution in [3.63, 3.8) is 0 Å². The van der Waals surface area contributed by atoms with Crippen LogP contribution in [0, 0.1) is 5.92 Å². The lowest BCUT2D eigenvalue weighted by Gasteiger charge is -2.49. The van der Waals surface area contributed by atoms with Gasteiger partial charge < -0.3 is 0 Å². The predicted octanol–water partition coefficient (Wildman–Crippen LogP) is 4.11. The largest absolute Gasteiger partial charge is 0.291 e. The fraction of sp³-hybridized carbons (Fsp3) is 0.600. The van der Waals surface area contributed by atoms with Gasteiger partial charge in [0.25, 0.3) is 0 Å². The molecule has 3 rings (SSSR count). The molecule has 1 fully saturated rings. The SMILES string of the molecule is CC1(C)[C@H]2C(Cl)(Cl)[C@@]2(C)c2ccccc2[N+]1(C)C. The lowest BCUT2D eigenvalue weighted by Crippen LogP contribution is -2.62. The van der Waals surface area contributed by atoms with Crippen LogP contribution in [0.5, 0.6) is 0 Å². The summed E-state index contributed by atoms with van der Waals surface area (Å²) < 4.78 is 0.170. The maximum absolute atomic E-state index is 6.65. The Hall–Kier alpha value is -0.240. The number of para-hydroxylation sites is 1. The number of benzene rings is 1.